The van der Waals surface area contributed by atoms with Crippen molar-refractivity contribution in [1.82, 2.24) is 24.6 Å². The maximum atomic E-state index is 15.9. The Labute approximate surface area is 229 Å². The lowest BCUT2D eigenvalue weighted by Crippen LogP contribution is -2.41. The lowest BCUT2D eigenvalue weighted by molar-refractivity contribution is -0.149. The molecule has 0 bridgehead atoms. The van der Waals surface area contributed by atoms with Gasteiger partial charge < -0.3 is 29.6 Å². The van der Waals surface area contributed by atoms with Crippen LogP contribution in [0.3, 0.4) is 0 Å². The first-order valence-corrected chi connectivity index (χ1v) is 13.9. The zero-order valence-corrected chi connectivity index (χ0v) is 23.4. The molecule has 1 fully saturated rings. The minimum absolute atomic E-state index is 0.0791. The number of nitrogens with two attached hydrogens (primary N) is 1. The molecule has 4 N–H and O–H groups in total. The number of para-hydroxylation sites is 1. The number of methoxy groups -OCH3 is 1. The first kappa shape index (κ1) is 29.6. The molecule has 4 rings (SSSR count). The van der Waals surface area contributed by atoms with Crippen molar-refractivity contribution in [1.29, 1.82) is 0 Å². The number of carbonyl (C=O) groups excluding carboxylic acids is 1. The van der Waals surface area contributed by atoms with Crippen LogP contribution in [0.25, 0.3) is 11.2 Å². The number of esters is 1. The second-order valence-electron chi connectivity index (χ2n) is 9.57. The number of rotatable bonds is 11. The quantitative estimate of drug-likeness (QED) is 0.222. The summed E-state index contributed by atoms with van der Waals surface area (Å²) < 4.78 is 58.3. The molecule has 3 aromatic rings. The van der Waals surface area contributed by atoms with Crippen molar-refractivity contribution in [2.45, 2.75) is 63.9 Å². The van der Waals surface area contributed by atoms with Gasteiger partial charge in [-0.1, -0.05) is 18.2 Å². The Bertz CT molecular complexity index is 1390. The van der Waals surface area contributed by atoms with Gasteiger partial charge in [-0.2, -0.15) is 15.1 Å². The van der Waals surface area contributed by atoms with Crippen molar-refractivity contribution in [3.8, 4) is 11.6 Å². The number of aliphatic hydroxyl groups excluding tert-OH is 1. The molecule has 0 saturated carbocycles. The number of alkyl halides is 1. The Morgan fingerprint density at radius 1 is 1.30 bits per heavy atom. The number of carbonyl (C=O) groups is 1. The predicted octanol–water partition coefficient (Wildman–Crippen LogP) is 2.54. The summed E-state index contributed by atoms with van der Waals surface area (Å²) in [5.74, 6) is -0.566. The Balaban J connectivity index is 1.56. The van der Waals surface area contributed by atoms with E-state index in [1.54, 1.807) is 32.0 Å². The van der Waals surface area contributed by atoms with E-state index in [4.69, 9.17) is 29.0 Å². The third-order valence-electron chi connectivity index (χ3n) is 6.00. The lowest BCUT2D eigenvalue weighted by Gasteiger charge is -2.25. The highest BCUT2D eigenvalue weighted by Gasteiger charge is 2.56. The Morgan fingerprint density at radius 2 is 2.00 bits per heavy atom. The second kappa shape index (κ2) is 11.6. The van der Waals surface area contributed by atoms with E-state index < -0.39 is 56.6 Å². The van der Waals surface area contributed by atoms with Crippen LogP contribution in [0.1, 0.15) is 33.9 Å². The van der Waals surface area contributed by atoms with Gasteiger partial charge in [-0.25, -0.2) is 13.9 Å². The van der Waals surface area contributed by atoms with Crippen molar-refractivity contribution in [3.63, 3.8) is 0 Å². The van der Waals surface area contributed by atoms with Crippen LogP contribution in [0.15, 0.2) is 36.7 Å². The van der Waals surface area contributed by atoms with Gasteiger partial charge in [0.15, 0.2) is 23.1 Å². The van der Waals surface area contributed by atoms with Crippen LogP contribution in [-0.4, -0.2) is 74.3 Å². The molecule has 1 aliphatic heterocycles. The van der Waals surface area contributed by atoms with Crippen molar-refractivity contribution in [3.05, 3.63) is 36.7 Å². The first-order chi connectivity index (χ1) is 18.8. The number of fused-ring (bicyclic) bond motifs is 1. The van der Waals surface area contributed by atoms with E-state index in [9.17, 15) is 14.5 Å². The molecular formula is C24H32FN6O8P. The molecule has 6 atom stereocenters. The summed E-state index contributed by atoms with van der Waals surface area (Å²) in [7, 11) is -2.92. The monoisotopic (exact) mass is 582 g/mol. The SMILES string of the molecule is COc1nc(N)nc2c1ncn2C1O[C@H](COP(=O)(N[C@H](C)C(=O)OC(C)C)Oc2ccccc2)[C@@H](O)[C@@]1(C)F. The van der Waals surface area contributed by atoms with E-state index in [0.29, 0.717) is 0 Å². The second-order valence-corrected chi connectivity index (χ2v) is 11.3. The maximum Gasteiger partial charge on any atom is 0.459 e. The van der Waals surface area contributed by atoms with Crippen molar-refractivity contribution in [2.24, 2.45) is 0 Å². The van der Waals surface area contributed by atoms with Crippen molar-refractivity contribution in [2.75, 3.05) is 19.5 Å². The molecule has 40 heavy (non-hydrogen) atoms. The predicted molar refractivity (Wildman–Crippen MR) is 140 cm³/mol. The molecular weight excluding hydrogens is 550 g/mol. The number of anilines is 1. The average molecular weight is 583 g/mol. The van der Waals surface area contributed by atoms with Gasteiger partial charge in [-0.05, 0) is 39.8 Å². The van der Waals surface area contributed by atoms with Gasteiger partial charge in [0, 0.05) is 0 Å². The van der Waals surface area contributed by atoms with Crippen LogP contribution in [0.4, 0.5) is 10.3 Å². The number of nitrogens with zero attached hydrogens (tertiary/aromatic N) is 4. The van der Waals surface area contributed by atoms with Crippen LogP contribution in [0.2, 0.25) is 0 Å². The highest BCUT2D eigenvalue weighted by Crippen LogP contribution is 2.48. The van der Waals surface area contributed by atoms with Crippen LogP contribution in [0, 0.1) is 0 Å². The minimum Gasteiger partial charge on any atom is -0.479 e. The Hall–Kier alpha value is -3.36. The van der Waals surface area contributed by atoms with Gasteiger partial charge in [-0.15, -0.1) is 0 Å². The zero-order chi connectivity index (χ0) is 29.2. The number of imidazole rings is 1. The molecule has 0 spiro atoms. The molecule has 1 aliphatic rings. The van der Waals surface area contributed by atoms with Crippen molar-refractivity contribution >= 4 is 30.8 Å². The standard InChI is InChI=1S/C24H32FN6O8P/c1-13(2)37-21(33)14(3)30-40(34,39-15-9-7-6-8-10-15)36-11-16-18(32)24(4,25)22(38-16)31-12-27-17-19(31)28-23(26)29-20(17)35-5/h6-10,12-14,16,18,22,32H,11H2,1-5H3,(H,30,34)(H2,26,28,29)/t14-,16-,18-,22?,24-,40?/m1/s1. The third kappa shape index (κ3) is 6.18. The van der Waals surface area contributed by atoms with E-state index in [0.717, 1.165) is 6.92 Å². The van der Waals surface area contributed by atoms with E-state index in [-0.39, 0.29) is 28.7 Å². The van der Waals surface area contributed by atoms with E-state index >= 15 is 4.39 Å². The third-order valence-corrected chi connectivity index (χ3v) is 7.65. The molecule has 3 heterocycles. The molecule has 0 radical (unpaired) electrons. The summed E-state index contributed by atoms with van der Waals surface area (Å²) >= 11 is 0. The number of hydrogen-bond donors (Lipinski definition) is 3. The van der Waals surface area contributed by atoms with Crippen LogP contribution < -0.4 is 20.1 Å². The van der Waals surface area contributed by atoms with Gasteiger partial charge in [-0.3, -0.25) is 13.9 Å². The summed E-state index contributed by atoms with van der Waals surface area (Å²) in [4.78, 5) is 24.6. The first-order valence-electron chi connectivity index (χ1n) is 12.4. The maximum absolute atomic E-state index is 15.9. The lowest BCUT2D eigenvalue weighted by atomic mass is 9.98. The van der Waals surface area contributed by atoms with Crippen LogP contribution in [0.5, 0.6) is 11.6 Å². The number of benzene rings is 1. The normalized spacial score (nSPS) is 25.1. The van der Waals surface area contributed by atoms with Gasteiger partial charge in [0.05, 0.1) is 26.1 Å². The number of ether oxygens (including phenoxy) is 3. The topological polar surface area (TPSA) is 182 Å². The molecule has 0 aliphatic carbocycles. The fraction of sp³-hybridized carbons (Fsp3) is 0.500. The number of hydrogen-bond acceptors (Lipinski definition) is 12. The minimum atomic E-state index is -4.29. The largest absolute Gasteiger partial charge is 0.479 e. The molecule has 16 heteroatoms. The fourth-order valence-corrected chi connectivity index (χ4v) is 5.58. The average Bonchev–Trinajstić information content (AvgIpc) is 3.40. The summed E-state index contributed by atoms with van der Waals surface area (Å²) in [6.45, 7) is 5.33. The van der Waals surface area contributed by atoms with Crippen LogP contribution >= 0.6 is 7.75 Å². The highest BCUT2D eigenvalue weighted by atomic mass is 31.2. The zero-order valence-electron chi connectivity index (χ0n) is 22.6. The van der Waals surface area contributed by atoms with Gasteiger partial charge in [0.25, 0.3) is 0 Å². The number of aromatic nitrogens is 4. The highest BCUT2D eigenvalue weighted by molar-refractivity contribution is 7.52. The number of nitrogen functional groups attached to an aromatic ring is 1. The van der Waals surface area contributed by atoms with Gasteiger partial charge in [0.2, 0.25) is 11.8 Å². The van der Waals surface area contributed by atoms with E-state index in [1.165, 1.54) is 37.1 Å². The Morgan fingerprint density at radius 3 is 2.65 bits per heavy atom. The molecule has 0 amide bonds. The number of halogens is 1. The van der Waals surface area contributed by atoms with E-state index in [2.05, 4.69) is 20.0 Å². The fourth-order valence-electron chi connectivity index (χ4n) is 4.08. The smallest absolute Gasteiger partial charge is 0.459 e. The summed E-state index contributed by atoms with van der Waals surface area (Å²) in [6.07, 6.45) is -3.63. The van der Waals surface area contributed by atoms with Gasteiger partial charge >= 0.3 is 13.7 Å². The Kier molecular flexibility index (Phi) is 8.61. The summed E-state index contributed by atoms with van der Waals surface area (Å²) in [5, 5.41) is 13.4. The van der Waals surface area contributed by atoms with Crippen molar-refractivity contribution < 1.29 is 42.1 Å². The summed E-state index contributed by atoms with van der Waals surface area (Å²) in [6, 6.07) is 7.02. The number of aliphatic hydroxyl groups is 1. The molecule has 2 aromatic heterocycles. The van der Waals surface area contributed by atoms with E-state index in [1.807, 2.05) is 0 Å². The number of nitrogens with one attached hydrogen (secondary N) is 1. The van der Waals surface area contributed by atoms with Gasteiger partial charge in [0.1, 0.15) is 24.0 Å². The summed E-state index contributed by atoms with van der Waals surface area (Å²) in [5.41, 5.74) is 3.71. The molecule has 2 unspecified atom stereocenters. The molecule has 1 saturated heterocycles. The molecule has 218 valence electrons. The van der Waals surface area contributed by atoms with Crippen LogP contribution in [-0.2, 0) is 23.4 Å². The molecule has 14 nitrogen and oxygen atoms in total. The molecule has 1 aromatic carbocycles.